The van der Waals surface area contributed by atoms with Gasteiger partial charge in [-0.15, -0.1) is 0 Å². The van der Waals surface area contributed by atoms with Gasteiger partial charge in [0, 0.05) is 23.7 Å². The molecule has 136 valence electrons. The minimum Gasteiger partial charge on any atom is -0.465 e. The Morgan fingerprint density at radius 3 is 2.42 bits per heavy atom. The van der Waals surface area contributed by atoms with Crippen LogP contribution in [0.2, 0.25) is 0 Å². The van der Waals surface area contributed by atoms with Crippen LogP contribution in [0.4, 0.5) is 5.69 Å². The second-order valence-corrected chi connectivity index (χ2v) is 6.02. The van der Waals surface area contributed by atoms with Crippen LogP contribution in [-0.2, 0) is 9.59 Å². The molecule has 1 aromatic carbocycles. The Morgan fingerprint density at radius 1 is 1.08 bits per heavy atom. The molecule has 1 heterocycles. The van der Waals surface area contributed by atoms with Crippen molar-refractivity contribution in [3.05, 3.63) is 60.1 Å². The number of hydrazine groups is 1. The number of rotatable bonds is 6. The van der Waals surface area contributed by atoms with Crippen molar-refractivity contribution >= 4 is 29.5 Å². The van der Waals surface area contributed by atoms with Gasteiger partial charge in [-0.2, -0.15) is 0 Å². The van der Waals surface area contributed by atoms with Crippen LogP contribution in [0.25, 0.3) is 6.08 Å². The number of carbonyl (C=O) groups excluding carboxylic acids is 3. The third-order valence-corrected chi connectivity index (χ3v) is 3.27. The first-order valence-corrected chi connectivity index (χ1v) is 8.16. The number of furan rings is 1. The summed E-state index contributed by atoms with van der Waals surface area (Å²) in [5.41, 5.74) is 5.54. The summed E-state index contributed by atoms with van der Waals surface area (Å²) in [5.74, 6) is -0.239. The molecule has 0 fully saturated rings. The lowest BCUT2D eigenvalue weighted by Crippen LogP contribution is -2.40. The van der Waals surface area contributed by atoms with E-state index in [0.717, 1.165) is 0 Å². The van der Waals surface area contributed by atoms with E-state index in [1.165, 1.54) is 18.4 Å². The zero-order chi connectivity index (χ0) is 18.9. The highest BCUT2D eigenvalue weighted by Gasteiger charge is 2.08. The first-order chi connectivity index (χ1) is 12.4. The van der Waals surface area contributed by atoms with Gasteiger partial charge >= 0.3 is 0 Å². The Morgan fingerprint density at radius 2 is 1.81 bits per heavy atom. The molecule has 7 heteroatoms. The highest BCUT2D eigenvalue weighted by molar-refractivity contribution is 5.98. The molecule has 0 spiro atoms. The predicted octanol–water partition coefficient (Wildman–Crippen LogP) is 2.74. The number of amides is 3. The van der Waals surface area contributed by atoms with Gasteiger partial charge in [0.25, 0.3) is 11.8 Å². The van der Waals surface area contributed by atoms with Crippen LogP contribution in [0.5, 0.6) is 0 Å². The number of carbonyl (C=O) groups is 3. The largest absolute Gasteiger partial charge is 0.465 e. The van der Waals surface area contributed by atoms with Crippen LogP contribution >= 0.6 is 0 Å². The van der Waals surface area contributed by atoms with Crippen molar-refractivity contribution in [2.75, 3.05) is 5.32 Å². The normalized spacial score (nSPS) is 10.7. The molecule has 2 rings (SSSR count). The first-order valence-electron chi connectivity index (χ1n) is 8.16. The van der Waals surface area contributed by atoms with Gasteiger partial charge in [-0.3, -0.25) is 25.2 Å². The van der Waals surface area contributed by atoms with E-state index in [1.807, 2.05) is 13.8 Å². The van der Waals surface area contributed by atoms with Gasteiger partial charge in [0.15, 0.2) is 0 Å². The summed E-state index contributed by atoms with van der Waals surface area (Å²) in [6.45, 7) is 3.93. The molecule has 3 amide bonds. The number of anilines is 1. The Balaban J connectivity index is 1.82. The fourth-order valence-electron chi connectivity index (χ4n) is 2.06. The van der Waals surface area contributed by atoms with Crippen molar-refractivity contribution in [1.82, 2.24) is 10.9 Å². The number of nitrogens with one attached hydrogen (secondary N) is 3. The average molecular weight is 355 g/mol. The van der Waals surface area contributed by atoms with E-state index >= 15 is 0 Å². The van der Waals surface area contributed by atoms with Crippen LogP contribution < -0.4 is 16.2 Å². The maximum Gasteiger partial charge on any atom is 0.269 e. The van der Waals surface area contributed by atoms with E-state index in [-0.39, 0.29) is 11.8 Å². The van der Waals surface area contributed by atoms with Crippen molar-refractivity contribution < 1.29 is 18.8 Å². The molecule has 0 aliphatic carbocycles. The van der Waals surface area contributed by atoms with Gasteiger partial charge in [0.2, 0.25) is 5.91 Å². The number of hydrogen-bond acceptors (Lipinski definition) is 4. The highest BCUT2D eigenvalue weighted by Crippen LogP contribution is 2.11. The lowest BCUT2D eigenvalue weighted by atomic mass is 10.1. The number of hydrogen-bond donors (Lipinski definition) is 3. The van der Waals surface area contributed by atoms with Gasteiger partial charge < -0.3 is 9.73 Å². The summed E-state index contributed by atoms with van der Waals surface area (Å²) < 4.78 is 5.05. The molecule has 0 atom stereocenters. The lowest BCUT2D eigenvalue weighted by Gasteiger charge is -2.08. The molecule has 1 aromatic heterocycles. The summed E-state index contributed by atoms with van der Waals surface area (Å²) in [6.07, 6.45) is 4.65. The molecule has 0 bridgehead atoms. The SMILES string of the molecule is CC(C)CC(=O)Nc1ccc(C(=O)NNC(=O)/C=C\c2ccco2)cc1. The summed E-state index contributed by atoms with van der Waals surface area (Å²) in [4.78, 5) is 35.4. The summed E-state index contributed by atoms with van der Waals surface area (Å²) in [5, 5.41) is 2.76. The molecular weight excluding hydrogens is 334 g/mol. The van der Waals surface area contributed by atoms with Crippen molar-refractivity contribution in [2.45, 2.75) is 20.3 Å². The summed E-state index contributed by atoms with van der Waals surface area (Å²) in [6, 6.07) is 9.78. The molecule has 0 saturated heterocycles. The zero-order valence-corrected chi connectivity index (χ0v) is 14.6. The smallest absolute Gasteiger partial charge is 0.269 e. The van der Waals surface area contributed by atoms with E-state index in [0.29, 0.717) is 23.4 Å². The van der Waals surface area contributed by atoms with Crippen LogP contribution in [0.3, 0.4) is 0 Å². The maximum atomic E-state index is 12.0. The van der Waals surface area contributed by atoms with Gasteiger partial charge in [-0.25, -0.2) is 0 Å². The average Bonchev–Trinajstić information content (AvgIpc) is 3.11. The standard InChI is InChI=1S/C19H21N3O4/c1-13(2)12-18(24)20-15-7-5-14(6-8-15)19(25)22-21-17(23)10-9-16-4-3-11-26-16/h3-11,13H,12H2,1-2H3,(H,20,24)(H,21,23)(H,22,25)/b10-9-. The van der Waals surface area contributed by atoms with Crippen molar-refractivity contribution in [3.63, 3.8) is 0 Å². The van der Waals surface area contributed by atoms with Gasteiger partial charge in [-0.1, -0.05) is 13.8 Å². The predicted molar refractivity (Wildman–Crippen MR) is 97.9 cm³/mol. The molecule has 3 N–H and O–H groups in total. The minimum absolute atomic E-state index is 0.0761. The maximum absolute atomic E-state index is 12.0. The van der Waals surface area contributed by atoms with E-state index in [9.17, 15) is 14.4 Å². The van der Waals surface area contributed by atoms with E-state index < -0.39 is 11.8 Å². The van der Waals surface area contributed by atoms with E-state index in [1.54, 1.807) is 36.4 Å². The third kappa shape index (κ3) is 6.27. The molecule has 7 nitrogen and oxygen atoms in total. The molecule has 2 aromatic rings. The van der Waals surface area contributed by atoms with Crippen LogP contribution in [0, 0.1) is 5.92 Å². The molecule has 0 aliphatic heterocycles. The first kappa shape index (κ1) is 19.0. The van der Waals surface area contributed by atoms with Gasteiger partial charge in [-0.05, 0) is 48.4 Å². The molecule has 26 heavy (non-hydrogen) atoms. The molecule has 0 unspecified atom stereocenters. The monoisotopic (exact) mass is 355 g/mol. The van der Waals surface area contributed by atoms with Crippen LogP contribution in [0.1, 0.15) is 36.4 Å². The summed E-state index contributed by atoms with van der Waals surface area (Å²) in [7, 11) is 0. The topological polar surface area (TPSA) is 100 Å². The highest BCUT2D eigenvalue weighted by atomic mass is 16.3. The van der Waals surface area contributed by atoms with Crippen molar-refractivity contribution in [2.24, 2.45) is 5.92 Å². The molecular formula is C19H21N3O4. The number of benzene rings is 1. The van der Waals surface area contributed by atoms with E-state index in [4.69, 9.17) is 4.42 Å². The Hall–Kier alpha value is -3.35. The fraction of sp³-hybridized carbons (Fsp3) is 0.211. The van der Waals surface area contributed by atoms with Crippen molar-refractivity contribution in [1.29, 1.82) is 0 Å². The zero-order valence-electron chi connectivity index (χ0n) is 14.6. The van der Waals surface area contributed by atoms with Crippen LogP contribution in [-0.4, -0.2) is 17.7 Å². The van der Waals surface area contributed by atoms with Crippen molar-refractivity contribution in [3.8, 4) is 0 Å². The van der Waals surface area contributed by atoms with Gasteiger partial charge in [0.05, 0.1) is 6.26 Å². The second-order valence-electron chi connectivity index (χ2n) is 6.02. The molecule has 0 radical (unpaired) electrons. The van der Waals surface area contributed by atoms with Crippen LogP contribution in [0.15, 0.2) is 53.2 Å². The molecule has 0 aliphatic rings. The van der Waals surface area contributed by atoms with Gasteiger partial charge in [0.1, 0.15) is 5.76 Å². The minimum atomic E-state index is -0.493. The Kier molecular flexibility index (Phi) is 6.73. The fourth-order valence-corrected chi connectivity index (χ4v) is 2.06. The third-order valence-electron chi connectivity index (χ3n) is 3.27. The second kappa shape index (κ2) is 9.22. The Bertz CT molecular complexity index is 778. The summed E-state index contributed by atoms with van der Waals surface area (Å²) >= 11 is 0. The quantitative estimate of drug-likeness (QED) is 0.548. The Labute approximate surface area is 151 Å². The lowest BCUT2D eigenvalue weighted by molar-refractivity contribution is -0.117. The van der Waals surface area contributed by atoms with E-state index in [2.05, 4.69) is 16.2 Å². The molecule has 0 saturated carbocycles.